The summed E-state index contributed by atoms with van der Waals surface area (Å²) in [5.74, 6) is -0.522. The van der Waals surface area contributed by atoms with Crippen LogP contribution in [0.25, 0.3) is 0 Å². The number of benzene rings is 2. The smallest absolute Gasteiger partial charge is 0.243 e. The molecule has 2 aromatic rings. The molecule has 0 spiro atoms. The zero-order valence-corrected chi connectivity index (χ0v) is 18.0. The van der Waals surface area contributed by atoms with Gasteiger partial charge in [-0.05, 0) is 62.2 Å². The number of nitrogens with zero attached hydrogens (tertiary/aromatic N) is 2. The first-order valence-electron chi connectivity index (χ1n) is 9.20. The van der Waals surface area contributed by atoms with Crippen molar-refractivity contribution in [3.8, 4) is 0 Å². The second kappa shape index (κ2) is 7.27. The van der Waals surface area contributed by atoms with Crippen molar-refractivity contribution in [1.29, 1.82) is 0 Å². The number of hydrogen-bond acceptors (Lipinski definition) is 4. The second-order valence-corrected chi connectivity index (χ2v) is 9.89. The third-order valence-electron chi connectivity index (χ3n) is 5.22. The van der Waals surface area contributed by atoms with Gasteiger partial charge in [0.1, 0.15) is 0 Å². The summed E-state index contributed by atoms with van der Waals surface area (Å²) in [6.45, 7) is 5.12. The van der Waals surface area contributed by atoms with Crippen molar-refractivity contribution < 1.29 is 18.0 Å². The van der Waals surface area contributed by atoms with E-state index in [4.69, 9.17) is 0 Å². The lowest BCUT2D eigenvalue weighted by atomic mass is 9.86. The van der Waals surface area contributed by atoms with E-state index in [0.29, 0.717) is 16.9 Å². The van der Waals surface area contributed by atoms with Crippen LogP contribution in [0, 0.1) is 6.92 Å². The van der Waals surface area contributed by atoms with Gasteiger partial charge in [-0.3, -0.25) is 9.59 Å². The minimum Gasteiger partial charge on any atom is -0.325 e. The van der Waals surface area contributed by atoms with Crippen molar-refractivity contribution >= 4 is 33.2 Å². The molecule has 0 radical (unpaired) electrons. The Labute approximate surface area is 171 Å². The lowest BCUT2D eigenvalue weighted by molar-refractivity contribution is -0.121. The van der Waals surface area contributed by atoms with Crippen LogP contribution in [0.3, 0.4) is 0 Å². The van der Waals surface area contributed by atoms with Crippen LogP contribution in [-0.2, 0) is 25.0 Å². The summed E-state index contributed by atoms with van der Waals surface area (Å²) in [7, 11) is -0.864. The SMILES string of the molecule is Cc1cccc(NC(=O)CN(C)S(=O)(=O)c2ccc3c(c2)C(C)(C)C(=O)N3C)c1. The van der Waals surface area contributed by atoms with Gasteiger partial charge in [-0.25, -0.2) is 8.42 Å². The molecule has 1 N–H and O–H groups in total. The number of sulfonamides is 1. The average Bonchev–Trinajstić information content (AvgIpc) is 2.82. The number of anilines is 2. The monoisotopic (exact) mass is 415 g/mol. The highest BCUT2D eigenvalue weighted by molar-refractivity contribution is 7.89. The summed E-state index contributed by atoms with van der Waals surface area (Å²) in [5, 5.41) is 2.71. The molecule has 29 heavy (non-hydrogen) atoms. The Bertz CT molecular complexity index is 1090. The molecular formula is C21H25N3O4S. The molecule has 0 bridgehead atoms. The highest BCUT2D eigenvalue weighted by Crippen LogP contribution is 2.41. The zero-order chi connectivity index (χ0) is 21.6. The predicted molar refractivity (Wildman–Crippen MR) is 113 cm³/mol. The van der Waals surface area contributed by atoms with Crippen LogP contribution in [0.15, 0.2) is 47.4 Å². The van der Waals surface area contributed by atoms with Gasteiger partial charge in [0.2, 0.25) is 21.8 Å². The highest BCUT2D eigenvalue weighted by atomic mass is 32.2. The maximum atomic E-state index is 13.0. The molecule has 154 valence electrons. The van der Waals surface area contributed by atoms with Gasteiger partial charge in [0.25, 0.3) is 0 Å². The van der Waals surface area contributed by atoms with Gasteiger partial charge < -0.3 is 10.2 Å². The van der Waals surface area contributed by atoms with E-state index in [2.05, 4.69) is 5.32 Å². The van der Waals surface area contributed by atoms with Gasteiger partial charge in [0, 0.05) is 25.5 Å². The number of carbonyl (C=O) groups is 2. The summed E-state index contributed by atoms with van der Waals surface area (Å²) in [4.78, 5) is 26.3. The first-order valence-corrected chi connectivity index (χ1v) is 10.6. The lowest BCUT2D eigenvalue weighted by Gasteiger charge is -2.19. The maximum Gasteiger partial charge on any atom is 0.243 e. The molecule has 1 aliphatic heterocycles. The van der Waals surface area contributed by atoms with E-state index in [1.807, 2.05) is 25.1 Å². The molecule has 0 aromatic heterocycles. The molecule has 1 heterocycles. The largest absolute Gasteiger partial charge is 0.325 e. The van der Waals surface area contributed by atoms with Crippen molar-refractivity contribution in [3.63, 3.8) is 0 Å². The number of fused-ring (bicyclic) bond motifs is 1. The maximum absolute atomic E-state index is 13.0. The Morgan fingerprint density at radius 3 is 2.52 bits per heavy atom. The number of carbonyl (C=O) groups excluding carboxylic acids is 2. The number of rotatable bonds is 5. The van der Waals surface area contributed by atoms with E-state index in [1.165, 1.54) is 24.1 Å². The predicted octanol–water partition coefficient (Wildman–Crippen LogP) is 2.51. The van der Waals surface area contributed by atoms with Crippen molar-refractivity contribution in [2.24, 2.45) is 0 Å². The Kier molecular flexibility index (Phi) is 5.27. The Morgan fingerprint density at radius 2 is 1.86 bits per heavy atom. The molecule has 0 saturated heterocycles. The van der Waals surface area contributed by atoms with E-state index in [-0.39, 0.29) is 17.3 Å². The average molecular weight is 416 g/mol. The normalized spacial score (nSPS) is 15.5. The second-order valence-electron chi connectivity index (χ2n) is 7.85. The Hall–Kier alpha value is -2.71. The van der Waals surface area contributed by atoms with Crippen LogP contribution in [0.2, 0.25) is 0 Å². The van der Waals surface area contributed by atoms with Gasteiger partial charge >= 0.3 is 0 Å². The Balaban J connectivity index is 1.81. The van der Waals surface area contributed by atoms with Gasteiger partial charge in [0.05, 0.1) is 16.9 Å². The minimum absolute atomic E-state index is 0.0540. The number of aryl methyl sites for hydroxylation is 1. The van der Waals surface area contributed by atoms with Crippen molar-refractivity contribution in [1.82, 2.24) is 4.31 Å². The van der Waals surface area contributed by atoms with E-state index in [1.54, 1.807) is 33.0 Å². The molecule has 0 fully saturated rings. The van der Waals surface area contributed by atoms with E-state index in [0.717, 1.165) is 9.87 Å². The summed E-state index contributed by atoms with van der Waals surface area (Å²) in [5.41, 5.74) is 2.14. The topological polar surface area (TPSA) is 86.8 Å². The first kappa shape index (κ1) is 21.0. The molecule has 0 unspecified atom stereocenters. The molecule has 1 aliphatic rings. The summed E-state index contributed by atoms with van der Waals surface area (Å²) in [6.07, 6.45) is 0. The van der Waals surface area contributed by atoms with Crippen LogP contribution >= 0.6 is 0 Å². The van der Waals surface area contributed by atoms with Gasteiger partial charge in [0.15, 0.2) is 0 Å². The Morgan fingerprint density at radius 1 is 1.17 bits per heavy atom. The molecule has 8 heteroatoms. The third-order valence-corrected chi connectivity index (χ3v) is 7.02. The zero-order valence-electron chi connectivity index (χ0n) is 17.2. The van der Waals surface area contributed by atoms with Gasteiger partial charge in [-0.1, -0.05) is 12.1 Å². The van der Waals surface area contributed by atoms with Crippen molar-refractivity contribution in [2.75, 3.05) is 30.9 Å². The van der Waals surface area contributed by atoms with E-state index >= 15 is 0 Å². The number of nitrogens with one attached hydrogen (secondary N) is 1. The molecule has 0 atom stereocenters. The highest BCUT2D eigenvalue weighted by Gasteiger charge is 2.43. The first-order chi connectivity index (χ1) is 13.4. The van der Waals surface area contributed by atoms with Crippen LogP contribution in [0.5, 0.6) is 0 Å². The van der Waals surface area contributed by atoms with Crippen LogP contribution < -0.4 is 10.2 Å². The molecule has 7 nitrogen and oxygen atoms in total. The molecule has 2 amide bonds. The molecule has 2 aromatic carbocycles. The number of likely N-dealkylation sites (N-methyl/N-ethyl adjacent to an activating group) is 2. The summed E-state index contributed by atoms with van der Waals surface area (Å²) >= 11 is 0. The fourth-order valence-electron chi connectivity index (χ4n) is 3.50. The quantitative estimate of drug-likeness (QED) is 0.813. The van der Waals surface area contributed by atoms with Crippen molar-refractivity contribution in [2.45, 2.75) is 31.1 Å². The van der Waals surface area contributed by atoms with Gasteiger partial charge in [-0.2, -0.15) is 4.31 Å². The van der Waals surface area contributed by atoms with E-state index in [9.17, 15) is 18.0 Å². The summed E-state index contributed by atoms with van der Waals surface area (Å²) in [6, 6.07) is 11.9. The minimum atomic E-state index is -3.90. The molecule has 0 saturated carbocycles. The van der Waals surface area contributed by atoms with Crippen molar-refractivity contribution in [3.05, 3.63) is 53.6 Å². The van der Waals surface area contributed by atoms with Crippen LogP contribution in [0.1, 0.15) is 25.0 Å². The third kappa shape index (κ3) is 3.77. The van der Waals surface area contributed by atoms with Gasteiger partial charge in [-0.15, -0.1) is 0 Å². The fraction of sp³-hybridized carbons (Fsp3) is 0.333. The van der Waals surface area contributed by atoms with Crippen LogP contribution in [-0.4, -0.2) is 45.2 Å². The fourth-order valence-corrected chi connectivity index (χ4v) is 4.66. The van der Waals surface area contributed by atoms with Crippen LogP contribution in [0.4, 0.5) is 11.4 Å². The standard InChI is InChI=1S/C21H25N3O4S/c1-14-7-6-8-15(11-14)22-19(25)13-23(4)29(27,28)16-9-10-18-17(12-16)21(2,3)20(26)24(18)5/h6-12H,13H2,1-5H3,(H,22,25). The molecule has 0 aliphatic carbocycles. The lowest BCUT2D eigenvalue weighted by Crippen LogP contribution is -2.35. The molecule has 3 rings (SSSR count). The van der Waals surface area contributed by atoms with E-state index < -0.39 is 21.3 Å². The number of hydrogen-bond donors (Lipinski definition) is 1. The molecular weight excluding hydrogens is 390 g/mol. The summed E-state index contributed by atoms with van der Waals surface area (Å²) < 4.78 is 27.0. The number of amides is 2.